The summed E-state index contributed by atoms with van der Waals surface area (Å²) >= 11 is 5.86. The first-order valence-corrected chi connectivity index (χ1v) is 7.37. The third kappa shape index (κ3) is 3.41. The zero-order valence-corrected chi connectivity index (χ0v) is 12.4. The number of hydrogen-bond acceptors (Lipinski definition) is 2. The van der Waals surface area contributed by atoms with Crippen LogP contribution < -0.4 is 0 Å². The van der Waals surface area contributed by atoms with Crippen molar-refractivity contribution in [3.05, 3.63) is 82.4 Å². The van der Waals surface area contributed by atoms with Gasteiger partial charge in [0.15, 0.2) is 5.78 Å². The molecule has 1 aliphatic rings. The van der Waals surface area contributed by atoms with Gasteiger partial charge in [0.05, 0.1) is 0 Å². The molecule has 3 rings (SSSR count). The van der Waals surface area contributed by atoms with Crippen LogP contribution in [-0.4, -0.2) is 23.8 Å². The van der Waals surface area contributed by atoms with Crippen LogP contribution in [0.1, 0.15) is 21.5 Å². The lowest BCUT2D eigenvalue weighted by Crippen LogP contribution is -2.19. The topological polar surface area (TPSA) is 20.3 Å². The van der Waals surface area contributed by atoms with Crippen LogP contribution in [0.15, 0.2) is 60.7 Å². The number of halogens is 1. The monoisotopic (exact) mass is 297 g/mol. The quantitative estimate of drug-likeness (QED) is 0.629. The van der Waals surface area contributed by atoms with Gasteiger partial charge in [-0.1, -0.05) is 42.0 Å². The van der Waals surface area contributed by atoms with Crippen LogP contribution in [-0.2, 0) is 6.54 Å². The predicted molar refractivity (Wildman–Crippen MR) is 85.7 cm³/mol. The summed E-state index contributed by atoms with van der Waals surface area (Å²) < 4.78 is 0. The molecular formula is C18H16ClNO. The van der Waals surface area contributed by atoms with Crippen LogP contribution >= 0.6 is 11.6 Å². The molecular weight excluding hydrogens is 282 g/mol. The van der Waals surface area contributed by atoms with E-state index in [0.717, 1.165) is 25.2 Å². The van der Waals surface area contributed by atoms with E-state index in [2.05, 4.69) is 23.1 Å². The zero-order chi connectivity index (χ0) is 14.7. The van der Waals surface area contributed by atoms with Gasteiger partial charge in [0.25, 0.3) is 0 Å². The molecule has 2 nitrogen and oxygen atoms in total. The highest BCUT2D eigenvalue weighted by Gasteiger charge is 2.11. The Labute approximate surface area is 129 Å². The van der Waals surface area contributed by atoms with Crippen LogP contribution in [0.2, 0.25) is 5.02 Å². The van der Waals surface area contributed by atoms with Gasteiger partial charge in [-0.25, -0.2) is 0 Å². The molecule has 0 atom stereocenters. The highest BCUT2D eigenvalue weighted by atomic mass is 35.5. The number of benzene rings is 2. The molecule has 21 heavy (non-hydrogen) atoms. The Hall–Kier alpha value is -1.90. The van der Waals surface area contributed by atoms with Gasteiger partial charge in [0.1, 0.15) is 0 Å². The minimum absolute atomic E-state index is 0.0352. The van der Waals surface area contributed by atoms with Crippen molar-refractivity contribution in [2.75, 3.05) is 13.1 Å². The molecule has 3 heteroatoms. The summed E-state index contributed by atoms with van der Waals surface area (Å²) in [6.45, 7) is 2.83. The minimum Gasteiger partial charge on any atom is -0.292 e. The Bertz CT molecular complexity index is 668. The van der Waals surface area contributed by atoms with Crippen molar-refractivity contribution in [2.24, 2.45) is 0 Å². The van der Waals surface area contributed by atoms with Gasteiger partial charge in [-0.2, -0.15) is 0 Å². The highest BCUT2D eigenvalue weighted by molar-refractivity contribution is 6.30. The van der Waals surface area contributed by atoms with Gasteiger partial charge < -0.3 is 0 Å². The predicted octanol–water partition coefficient (Wildman–Crippen LogP) is 3.94. The van der Waals surface area contributed by atoms with Crippen LogP contribution in [0.3, 0.4) is 0 Å². The molecule has 1 heterocycles. The molecule has 0 fully saturated rings. The number of rotatable bonds is 4. The second-order valence-corrected chi connectivity index (χ2v) is 5.64. The van der Waals surface area contributed by atoms with E-state index in [0.29, 0.717) is 10.6 Å². The second-order valence-electron chi connectivity index (χ2n) is 5.20. The molecule has 106 valence electrons. The largest absolute Gasteiger partial charge is 0.292 e. The van der Waals surface area contributed by atoms with E-state index in [9.17, 15) is 4.79 Å². The van der Waals surface area contributed by atoms with Crippen molar-refractivity contribution < 1.29 is 4.79 Å². The Balaban J connectivity index is 1.78. The lowest BCUT2D eigenvalue weighted by atomic mass is 10.0. The average molecular weight is 298 g/mol. The van der Waals surface area contributed by atoms with Crippen LogP contribution in [0.4, 0.5) is 0 Å². The Kier molecular flexibility index (Phi) is 4.18. The second kappa shape index (κ2) is 6.25. The van der Waals surface area contributed by atoms with E-state index in [1.54, 1.807) is 24.3 Å². The number of ketones is 1. The fraction of sp³-hybridized carbons (Fsp3) is 0.167. The van der Waals surface area contributed by atoms with E-state index in [1.165, 1.54) is 5.56 Å². The molecule has 0 bridgehead atoms. The average Bonchev–Trinajstić information content (AvgIpc) is 3.00. The summed E-state index contributed by atoms with van der Waals surface area (Å²) in [5.74, 6) is 0.0352. The van der Waals surface area contributed by atoms with E-state index in [-0.39, 0.29) is 5.78 Å². The molecule has 0 saturated heterocycles. The third-order valence-corrected chi connectivity index (χ3v) is 3.85. The van der Waals surface area contributed by atoms with Gasteiger partial charge >= 0.3 is 0 Å². The number of hydrogen-bond donors (Lipinski definition) is 0. The number of nitrogens with zero attached hydrogens (tertiary/aromatic N) is 1. The fourth-order valence-corrected chi connectivity index (χ4v) is 2.61. The summed E-state index contributed by atoms with van der Waals surface area (Å²) in [7, 11) is 0. The van der Waals surface area contributed by atoms with Crippen molar-refractivity contribution in [2.45, 2.75) is 6.54 Å². The molecule has 0 aliphatic carbocycles. The van der Waals surface area contributed by atoms with Gasteiger partial charge in [-0.3, -0.25) is 9.69 Å². The van der Waals surface area contributed by atoms with Gasteiger partial charge in [0, 0.05) is 35.8 Å². The van der Waals surface area contributed by atoms with E-state index in [4.69, 9.17) is 11.6 Å². The Morgan fingerprint density at radius 2 is 1.71 bits per heavy atom. The summed E-state index contributed by atoms with van der Waals surface area (Å²) in [6, 6.07) is 14.9. The Morgan fingerprint density at radius 1 is 1.00 bits per heavy atom. The van der Waals surface area contributed by atoms with E-state index < -0.39 is 0 Å². The highest BCUT2D eigenvalue weighted by Crippen LogP contribution is 2.16. The molecule has 1 aliphatic heterocycles. The van der Waals surface area contributed by atoms with Gasteiger partial charge in [-0.05, 0) is 35.9 Å². The first-order valence-electron chi connectivity index (χ1n) is 6.99. The van der Waals surface area contributed by atoms with Crippen molar-refractivity contribution >= 4 is 17.4 Å². The summed E-state index contributed by atoms with van der Waals surface area (Å²) in [5, 5.41) is 0.641. The number of carbonyl (C=O) groups is 1. The molecule has 0 saturated carbocycles. The van der Waals surface area contributed by atoms with Crippen molar-refractivity contribution in [1.29, 1.82) is 0 Å². The third-order valence-electron chi connectivity index (χ3n) is 3.60. The van der Waals surface area contributed by atoms with E-state index in [1.807, 2.05) is 18.2 Å². The molecule has 0 amide bonds. The zero-order valence-electron chi connectivity index (χ0n) is 11.6. The van der Waals surface area contributed by atoms with Crippen LogP contribution in [0, 0.1) is 0 Å². The van der Waals surface area contributed by atoms with Crippen molar-refractivity contribution in [3.8, 4) is 0 Å². The molecule has 0 unspecified atom stereocenters. The summed E-state index contributed by atoms with van der Waals surface area (Å²) in [5.41, 5.74) is 2.56. The normalized spacial score (nSPS) is 14.5. The maximum absolute atomic E-state index is 12.5. The number of carbonyl (C=O) groups excluding carboxylic acids is 1. The Morgan fingerprint density at radius 3 is 2.43 bits per heavy atom. The van der Waals surface area contributed by atoms with Crippen molar-refractivity contribution in [1.82, 2.24) is 4.90 Å². The van der Waals surface area contributed by atoms with E-state index >= 15 is 0 Å². The van der Waals surface area contributed by atoms with Gasteiger partial charge in [0.2, 0.25) is 0 Å². The first kappa shape index (κ1) is 14.1. The molecule has 0 aromatic heterocycles. The fourth-order valence-electron chi connectivity index (χ4n) is 2.49. The smallest absolute Gasteiger partial charge is 0.193 e. The lowest BCUT2D eigenvalue weighted by molar-refractivity contribution is 0.103. The van der Waals surface area contributed by atoms with Crippen LogP contribution in [0.5, 0.6) is 0 Å². The maximum atomic E-state index is 12.5. The summed E-state index contributed by atoms with van der Waals surface area (Å²) in [6.07, 6.45) is 4.34. The molecule has 0 N–H and O–H groups in total. The molecule has 2 aromatic rings. The summed E-state index contributed by atoms with van der Waals surface area (Å²) in [4.78, 5) is 14.8. The molecule has 0 radical (unpaired) electrons. The van der Waals surface area contributed by atoms with Gasteiger partial charge in [-0.15, -0.1) is 0 Å². The van der Waals surface area contributed by atoms with Crippen molar-refractivity contribution in [3.63, 3.8) is 0 Å². The van der Waals surface area contributed by atoms with Crippen LogP contribution in [0.25, 0.3) is 0 Å². The SMILES string of the molecule is O=C(c1ccc(Cl)cc1)c1cccc(CN2CC=CC2)c1. The lowest BCUT2D eigenvalue weighted by Gasteiger charge is -2.15. The minimum atomic E-state index is 0.0352. The standard InChI is InChI=1S/C18H16ClNO/c19-17-8-6-15(7-9-17)18(21)16-5-3-4-14(12-16)13-20-10-1-2-11-20/h1-9,12H,10-11,13H2. The molecule has 0 spiro atoms. The molecule has 2 aromatic carbocycles. The first-order chi connectivity index (χ1) is 10.2. The maximum Gasteiger partial charge on any atom is 0.193 e.